The molecule has 0 radical (unpaired) electrons. The van der Waals surface area contributed by atoms with E-state index in [0.29, 0.717) is 12.8 Å². The van der Waals surface area contributed by atoms with Crippen LogP contribution in [0.3, 0.4) is 0 Å². The van der Waals surface area contributed by atoms with Gasteiger partial charge in [-0.15, -0.1) is 6.58 Å². The lowest BCUT2D eigenvalue weighted by atomic mass is 9.47. The fourth-order valence-corrected chi connectivity index (χ4v) is 6.50. The minimum atomic E-state index is -0.710. The van der Waals surface area contributed by atoms with E-state index < -0.39 is 34.8 Å². The first kappa shape index (κ1) is 26.4. The number of ether oxygens (including phenoxy) is 1. The van der Waals surface area contributed by atoms with Gasteiger partial charge in [0.05, 0.1) is 11.8 Å². The summed E-state index contributed by atoms with van der Waals surface area (Å²) in [4.78, 5) is 26.4. The summed E-state index contributed by atoms with van der Waals surface area (Å²) in [5.74, 6) is -1.04. The average molecular weight is 474 g/mol. The number of benzene rings is 1. The predicted molar refractivity (Wildman–Crippen MR) is 132 cm³/mol. The molecule has 0 saturated heterocycles. The molecule has 0 heterocycles. The Kier molecular flexibility index (Phi) is 7.91. The second kappa shape index (κ2) is 10.2. The molecule has 0 amide bonds. The van der Waals surface area contributed by atoms with E-state index in [2.05, 4.69) is 25.7 Å². The highest BCUT2D eigenvalue weighted by molar-refractivity contribution is 5.82. The number of carbonyl (C=O) groups is 2. The lowest BCUT2D eigenvalue weighted by Crippen LogP contribution is -2.60. The Balaban J connectivity index is 1.97. The van der Waals surface area contributed by atoms with Gasteiger partial charge in [0.1, 0.15) is 24.2 Å². The number of nitrogens with one attached hydrogen (secondary N) is 1. The molecule has 0 aromatic heterocycles. The quantitative estimate of drug-likeness (QED) is 0.410. The highest BCUT2D eigenvalue weighted by atomic mass is 19.1. The zero-order valence-corrected chi connectivity index (χ0v) is 21.1. The Labute approximate surface area is 203 Å². The van der Waals surface area contributed by atoms with Crippen LogP contribution in [0.15, 0.2) is 36.9 Å². The third kappa shape index (κ3) is 4.66. The number of fused-ring (bicyclic) bond motifs is 2. The van der Waals surface area contributed by atoms with Crippen molar-refractivity contribution in [3.05, 3.63) is 42.7 Å². The van der Waals surface area contributed by atoms with Crippen LogP contribution in [-0.2, 0) is 14.3 Å². The summed E-state index contributed by atoms with van der Waals surface area (Å²) in [5.41, 5.74) is -1.03. The van der Waals surface area contributed by atoms with E-state index in [1.165, 1.54) is 6.07 Å². The van der Waals surface area contributed by atoms with E-state index in [-0.39, 0.29) is 41.7 Å². The molecular weight excluding hydrogens is 433 g/mol. The molecule has 2 bridgehead atoms. The Morgan fingerprint density at radius 1 is 1.26 bits per heavy atom. The zero-order chi connectivity index (χ0) is 25.3. The molecule has 1 aromatic rings. The van der Waals surface area contributed by atoms with Gasteiger partial charge in [-0.25, -0.2) is 4.39 Å². The first-order valence-corrected chi connectivity index (χ1v) is 12.5. The van der Waals surface area contributed by atoms with E-state index in [0.717, 1.165) is 12.8 Å². The zero-order valence-electron chi connectivity index (χ0n) is 21.1. The number of halogens is 1. The van der Waals surface area contributed by atoms with Crippen molar-refractivity contribution in [1.82, 2.24) is 0 Å². The Bertz CT molecular complexity index is 919. The number of rotatable bonds is 7. The first-order valence-electron chi connectivity index (χ1n) is 12.5. The van der Waals surface area contributed by atoms with Crippen molar-refractivity contribution in [2.75, 3.05) is 11.9 Å². The Hall–Kier alpha value is -2.21. The van der Waals surface area contributed by atoms with Gasteiger partial charge in [0.25, 0.3) is 0 Å². The molecule has 188 valence electrons. The Morgan fingerprint density at radius 3 is 2.56 bits per heavy atom. The minimum absolute atomic E-state index is 0.000895. The topological polar surface area (TPSA) is 75.6 Å². The predicted octanol–water partition coefficient (Wildman–Crippen LogP) is 5.39. The lowest BCUT2D eigenvalue weighted by molar-refractivity contribution is -0.191. The van der Waals surface area contributed by atoms with E-state index in [1.54, 1.807) is 24.3 Å². The fraction of sp³-hybridized carbons (Fsp3) is 0.643. The molecule has 2 fully saturated rings. The molecule has 2 saturated carbocycles. The summed E-state index contributed by atoms with van der Waals surface area (Å²) >= 11 is 0. The van der Waals surface area contributed by atoms with Gasteiger partial charge in [0.15, 0.2) is 0 Å². The third-order valence-electron chi connectivity index (χ3n) is 8.99. The molecule has 0 spiro atoms. The third-order valence-corrected chi connectivity index (χ3v) is 8.99. The van der Waals surface area contributed by atoms with E-state index in [4.69, 9.17) is 4.74 Å². The van der Waals surface area contributed by atoms with Crippen molar-refractivity contribution < 1.29 is 23.8 Å². The van der Waals surface area contributed by atoms with E-state index in [1.807, 2.05) is 20.8 Å². The van der Waals surface area contributed by atoms with Gasteiger partial charge in [-0.05, 0) is 49.1 Å². The van der Waals surface area contributed by atoms with Gasteiger partial charge in [0.2, 0.25) is 0 Å². The summed E-state index contributed by atoms with van der Waals surface area (Å²) in [6.45, 7) is 13.9. The molecule has 3 rings (SSSR count). The van der Waals surface area contributed by atoms with Crippen LogP contribution >= 0.6 is 0 Å². The normalized spacial score (nSPS) is 37.7. The summed E-state index contributed by atoms with van der Waals surface area (Å²) in [6.07, 6.45) is 2.99. The Morgan fingerprint density at radius 2 is 1.94 bits per heavy atom. The van der Waals surface area contributed by atoms with Gasteiger partial charge in [0, 0.05) is 23.2 Å². The number of para-hydroxylation sites is 1. The van der Waals surface area contributed by atoms with Gasteiger partial charge < -0.3 is 15.2 Å². The number of hydrogen-bond acceptors (Lipinski definition) is 5. The molecule has 1 aromatic carbocycles. The second-order valence-electron chi connectivity index (χ2n) is 10.8. The van der Waals surface area contributed by atoms with Crippen molar-refractivity contribution in [3.63, 3.8) is 0 Å². The number of anilines is 1. The SMILES string of the molecule is C=C[C@]1(C)C[C@@H](OC(=O)CNc2ccccc2F)[C@]2(C)C(C)CCC(C2C(=O)CC)[C@@H](C)C1O. The molecule has 2 aliphatic carbocycles. The van der Waals surface area contributed by atoms with Gasteiger partial charge in [-0.3, -0.25) is 9.59 Å². The maximum atomic E-state index is 14.0. The highest BCUT2D eigenvalue weighted by Gasteiger charge is 2.60. The number of carbonyl (C=O) groups excluding carboxylic acids is 2. The van der Waals surface area contributed by atoms with Gasteiger partial charge in [-0.1, -0.05) is 52.8 Å². The molecule has 5 nitrogen and oxygen atoms in total. The molecule has 8 atom stereocenters. The number of hydrogen-bond donors (Lipinski definition) is 2. The molecule has 2 aliphatic rings. The van der Waals surface area contributed by atoms with Crippen LogP contribution in [0.1, 0.15) is 60.3 Å². The minimum Gasteiger partial charge on any atom is -0.460 e. The monoisotopic (exact) mass is 473 g/mol. The van der Waals surface area contributed by atoms with Gasteiger partial charge >= 0.3 is 5.97 Å². The van der Waals surface area contributed by atoms with Crippen LogP contribution in [-0.4, -0.2) is 35.6 Å². The van der Waals surface area contributed by atoms with Crippen LogP contribution in [0.5, 0.6) is 0 Å². The van der Waals surface area contributed by atoms with Crippen molar-refractivity contribution >= 4 is 17.4 Å². The average Bonchev–Trinajstić information content (AvgIpc) is 2.82. The van der Waals surface area contributed by atoms with Crippen LogP contribution in [0.25, 0.3) is 0 Å². The summed E-state index contributed by atoms with van der Waals surface area (Å²) in [5, 5.41) is 14.2. The summed E-state index contributed by atoms with van der Waals surface area (Å²) < 4.78 is 20.1. The maximum absolute atomic E-state index is 14.0. The first-order chi connectivity index (χ1) is 16.0. The largest absolute Gasteiger partial charge is 0.460 e. The number of aliphatic hydroxyl groups is 1. The van der Waals surface area contributed by atoms with Gasteiger partial charge in [-0.2, -0.15) is 0 Å². The molecule has 34 heavy (non-hydrogen) atoms. The molecule has 2 N–H and O–H groups in total. The van der Waals surface area contributed by atoms with Crippen LogP contribution in [0.4, 0.5) is 10.1 Å². The lowest BCUT2D eigenvalue weighted by Gasteiger charge is -2.58. The smallest absolute Gasteiger partial charge is 0.325 e. The number of Topliss-reactive ketones (excluding diaryl/α,β-unsaturated/α-hetero) is 1. The van der Waals surface area contributed by atoms with E-state index >= 15 is 0 Å². The maximum Gasteiger partial charge on any atom is 0.325 e. The molecule has 0 aliphatic heterocycles. The fourth-order valence-electron chi connectivity index (χ4n) is 6.50. The molecule has 4 unspecified atom stereocenters. The standard InChI is InChI=1S/C28H40FNO4/c1-7-22(31)25-19-14-13-17(3)28(25,6)23(15-27(5,8-2)26(33)18(19)4)34-24(32)16-30-21-12-10-9-11-20(21)29/h8-12,17-19,23,25-26,30,33H,2,7,13-16H2,1,3-6H3/t17?,18-,19?,23-,25?,26?,27-,28+/m1/s1. The molecule has 6 heteroatoms. The highest BCUT2D eigenvalue weighted by Crippen LogP contribution is 2.58. The number of aliphatic hydroxyl groups excluding tert-OH is 1. The van der Waals surface area contributed by atoms with Crippen molar-refractivity contribution in [3.8, 4) is 0 Å². The number of esters is 1. The van der Waals surface area contributed by atoms with Crippen LogP contribution < -0.4 is 5.32 Å². The van der Waals surface area contributed by atoms with Crippen molar-refractivity contribution in [2.45, 2.75) is 72.5 Å². The van der Waals surface area contributed by atoms with Crippen LogP contribution in [0, 0.1) is 40.3 Å². The van der Waals surface area contributed by atoms with Crippen LogP contribution in [0.2, 0.25) is 0 Å². The molecular formula is C28H40FNO4. The summed E-state index contributed by atoms with van der Waals surface area (Å²) in [6, 6.07) is 6.17. The second-order valence-corrected chi connectivity index (χ2v) is 10.8. The van der Waals surface area contributed by atoms with E-state index in [9.17, 15) is 19.1 Å². The van der Waals surface area contributed by atoms with Crippen molar-refractivity contribution in [1.29, 1.82) is 0 Å². The van der Waals surface area contributed by atoms with Crippen molar-refractivity contribution in [2.24, 2.45) is 34.5 Å². The summed E-state index contributed by atoms with van der Waals surface area (Å²) in [7, 11) is 0. The number of ketones is 1.